The normalized spacial score (nSPS) is 10.4. The molecule has 0 spiro atoms. The third-order valence-corrected chi connectivity index (χ3v) is 3.33. The van der Waals surface area contributed by atoms with Crippen LogP contribution in [0.4, 0.5) is 0 Å². The Hall–Kier alpha value is -2.29. The van der Waals surface area contributed by atoms with Crippen LogP contribution >= 0.6 is 0 Å². The van der Waals surface area contributed by atoms with Crippen molar-refractivity contribution < 1.29 is 15.0 Å². The van der Waals surface area contributed by atoms with Gasteiger partial charge in [0.2, 0.25) is 0 Å². The van der Waals surface area contributed by atoms with Crippen LogP contribution < -0.4 is 0 Å². The highest BCUT2D eigenvalue weighted by Gasteiger charge is 2.13. The molecule has 2 rings (SSSR count). The molecule has 0 bridgehead atoms. The summed E-state index contributed by atoms with van der Waals surface area (Å²) >= 11 is 0. The molecule has 3 nitrogen and oxygen atoms in total. The summed E-state index contributed by atoms with van der Waals surface area (Å²) in [6.07, 6.45) is 0.508. The average molecular weight is 256 g/mol. The fourth-order valence-corrected chi connectivity index (χ4v) is 2.25. The standard InChI is InChI=1S/C16H16O3/c1-10-4-3-5-11(2)15(10)9-12-8-13(17)6-7-14(12)16(18)19/h3-8,17H,9H2,1-2H3,(H,18,19). The molecular weight excluding hydrogens is 240 g/mol. The second kappa shape index (κ2) is 5.14. The van der Waals surface area contributed by atoms with Gasteiger partial charge in [-0.2, -0.15) is 0 Å². The second-order valence-electron chi connectivity index (χ2n) is 4.69. The molecular formula is C16H16O3. The van der Waals surface area contributed by atoms with E-state index in [2.05, 4.69) is 0 Å². The highest BCUT2D eigenvalue weighted by Crippen LogP contribution is 2.23. The molecule has 0 atom stereocenters. The number of rotatable bonds is 3. The Morgan fingerprint density at radius 1 is 1.11 bits per heavy atom. The van der Waals surface area contributed by atoms with Gasteiger partial charge in [-0.15, -0.1) is 0 Å². The Morgan fingerprint density at radius 3 is 2.32 bits per heavy atom. The van der Waals surface area contributed by atoms with Crippen molar-refractivity contribution in [1.29, 1.82) is 0 Å². The molecule has 0 saturated heterocycles. The maximum absolute atomic E-state index is 11.2. The first-order chi connectivity index (χ1) is 8.99. The summed E-state index contributed by atoms with van der Waals surface area (Å²) in [4.78, 5) is 11.2. The maximum atomic E-state index is 11.2. The Bertz CT molecular complexity index is 610. The van der Waals surface area contributed by atoms with E-state index >= 15 is 0 Å². The first kappa shape index (κ1) is 13.1. The van der Waals surface area contributed by atoms with Crippen molar-refractivity contribution in [2.75, 3.05) is 0 Å². The van der Waals surface area contributed by atoms with Crippen LogP contribution in [0.2, 0.25) is 0 Å². The Labute approximate surface area is 112 Å². The molecule has 98 valence electrons. The van der Waals surface area contributed by atoms with E-state index in [-0.39, 0.29) is 11.3 Å². The van der Waals surface area contributed by atoms with Gasteiger partial charge in [-0.3, -0.25) is 0 Å². The minimum Gasteiger partial charge on any atom is -0.508 e. The number of phenols is 1. The number of aryl methyl sites for hydroxylation is 2. The molecule has 2 aromatic carbocycles. The van der Waals surface area contributed by atoms with Gasteiger partial charge in [0.05, 0.1) is 5.56 Å². The summed E-state index contributed by atoms with van der Waals surface area (Å²) in [5.41, 5.74) is 4.22. The van der Waals surface area contributed by atoms with Crippen molar-refractivity contribution in [1.82, 2.24) is 0 Å². The van der Waals surface area contributed by atoms with Crippen molar-refractivity contribution in [3.63, 3.8) is 0 Å². The molecule has 0 amide bonds. The number of carboxylic acid groups (broad SMARTS) is 1. The number of phenolic OH excluding ortho intramolecular Hbond substituents is 1. The average Bonchev–Trinajstić information content (AvgIpc) is 2.33. The molecule has 0 aromatic heterocycles. The molecule has 0 fully saturated rings. The summed E-state index contributed by atoms with van der Waals surface area (Å²) in [6, 6.07) is 10.4. The van der Waals surface area contributed by atoms with Crippen molar-refractivity contribution in [2.45, 2.75) is 20.3 Å². The van der Waals surface area contributed by atoms with Crippen LogP contribution in [-0.2, 0) is 6.42 Å². The van der Waals surface area contributed by atoms with Crippen LogP contribution in [-0.4, -0.2) is 16.2 Å². The lowest BCUT2D eigenvalue weighted by Crippen LogP contribution is -2.04. The minimum absolute atomic E-state index is 0.0891. The Balaban J connectivity index is 2.49. The predicted molar refractivity (Wildman–Crippen MR) is 73.8 cm³/mol. The highest BCUT2D eigenvalue weighted by atomic mass is 16.4. The number of benzene rings is 2. The number of carboxylic acids is 1. The lowest BCUT2D eigenvalue weighted by atomic mass is 9.93. The van der Waals surface area contributed by atoms with Crippen LogP contribution in [0, 0.1) is 13.8 Å². The first-order valence-corrected chi connectivity index (χ1v) is 6.09. The molecule has 0 aliphatic rings. The minimum atomic E-state index is -0.971. The van der Waals surface area contributed by atoms with Crippen molar-refractivity contribution >= 4 is 5.97 Å². The highest BCUT2D eigenvalue weighted by molar-refractivity contribution is 5.89. The van der Waals surface area contributed by atoms with E-state index in [1.807, 2.05) is 32.0 Å². The number of carbonyl (C=O) groups is 1. The zero-order chi connectivity index (χ0) is 14.0. The van der Waals surface area contributed by atoms with Gasteiger partial charge in [-0.25, -0.2) is 4.79 Å². The van der Waals surface area contributed by atoms with Gasteiger partial charge in [0.1, 0.15) is 5.75 Å². The summed E-state index contributed by atoms with van der Waals surface area (Å²) in [5.74, 6) is -0.882. The van der Waals surface area contributed by atoms with Crippen LogP contribution in [0.1, 0.15) is 32.6 Å². The van der Waals surface area contributed by atoms with Gasteiger partial charge in [0.15, 0.2) is 0 Å². The molecule has 0 aliphatic carbocycles. The van der Waals surface area contributed by atoms with Gasteiger partial charge < -0.3 is 10.2 Å². The molecule has 2 N–H and O–H groups in total. The molecule has 19 heavy (non-hydrogen) atoms. The topological polar surface area (TPSA) is 57.5 Å². The fourth-order valence-electron chi connectivity index (χ4n) is 2.25. The third kappa shape index (κ3) is 2.76. The van der Waals surface area contributed by atoms with E-state index in [1.165, 1.54) is 18.2 Å². The van der Waals surface area contributed by atoms with E-state index < -0.39 is 5.97 Å². The Morgan fingerprint density at radius 2 is 1.74 bits per heavy atom. The predicted octanol–water partition coefficient (Wildman–Crippen LogP) is 3.30. The van der Waals surface area contributed by atoms with Gasteiger partial charge in [-0.05, 0) is 60.7 Å². The zero-order valence-electron chi connectivity index (χ0n) is 11.0. The quantitative estimate of drug-likeness (QED) is 0.885. The van der Waals surface area contributed by atoms with Crippen LogP contribution in [0.25, 0.3) is 0 Å². The second-order valence-corrected chi connectivity index (χ2v) is 4.69. The van der Waals surface area contributed by atoms with E-state index in [1.54, 1.807) is 0 Å². The first-order valence-electron chi connectivity index (χ1n) is 6.09. The molecule has 0 heterocycles. The van der Waals surface area contributed by atoms with Crippen LogP contribution in [0.15, 0.2) is 36.4 Å². The van der Waals surface area contributed by atoms with Crippen molar-refractivity contribution in [2.24, 2.45) is 0 Å². The Kier molecular flexibility index (Phi) is 3.56. The lowest BCUT2D eigenvalue weighted by Gasteiger charge is -2.12. The van der Waals surface area contributed by atoms with Crippen molar-refractivity contribution in [3.05, 3.63) is 64.2 Å². The SMILES string of the molecule is Cc1cccc(C)c1Cc1cc(O)ccc1C(=O)O. The molecule has 0 radical (unpaired) electrons. The van der Waals surface area contributed by atoms with E-state index in [0.717, 1.165) is 16.7 Å². The van der Waals surface area contributed by atoms with Crippen molar-refractivity contribution in [3.8, 4) is 5.75 Å². The smallest absolute Gasteiger partial charge is 0.335 e. The van der Waals surface area contributed by atoms with Gasteiger partial charge >= 0.3 is 5.97 Å². The molecule has 0 saturated carbocycles. The summed E-state index contributed by atoms with van der Waals surface area (Å²) in [5, 5.41) is 18.7. The molecule has 0 aliphatic heterocycles. The molecule has 3 heteroatoms. The lowest BCUT2D eigenvalue weighted by molar-refractivity contribution is 0.0696. The summed E-state index contributed by atoms with van der Waals surface area (Å²) < 4.78 is 0. The largest absolute Gasteiger partial charge is 0.508 e. The van der Waals surface area contributed by atoms with E-state index in [0.29, 0.717) is 12.0 Å². The fraction of sp³-hybridized carbons (Fsp3) is 0.188. The van der Waals surface area contributed by atoms with E-state index in [9.17, 15) is 15.0 Å². The van der Waals surface area contributed by atoms with Gasteiger partial charge in [0, 0.05) is 0 Å². The third-order valence-electron chi connectivity index (χ3n) is 3.33. The summed E-state index contributed by atoms with van der Waals surface area (Å²) in [7, 11) is 0. The number of hydrogen-bond acceptors (Lipinski definition) is 2. The monoisotopic (exact) mass is 256 g/mol. The number of aromatic hydroxyl groups is 1. The summed E-state index contributed by atoms with van der Waals surface area (Å²) in [6.45, 7) is 4.01. The number of hydrogen-bond donors (Lipinski definition) is 2. The van der Waals surface area contributed by atoms with Crippen LogP contribution in [0.3, 0.4) is 0 Å². The number of aromatic carboxylic acids is 1. The zero-order valence-corrected chi connectivity index (χ0v) is 11.0. The molecule has 2 aromatic rings. The van der Waals surface area contributed by atoms with E-state index in [4.69, 9.17) is 0 Å². The van der Waals surface area contributed by atoms with Gasteiger partial charge in [0.25, 0.3) is 0 Å². The molecule has 0 unspecified atom stereocenters. The van der Waals surface area contributed by atoms with Gasteiger partial charge in [-0.1, -0.05) is 18.2 Å². The van der Waals surface area contributed by atoms with Crippen LogP contribution in [0.5, 0.6) is 5.75 Å². The maximum Gasteiger partial charge on any atom is 0.335 e.